The molecule has 3 rings (SSSR count). The zero-order valence-electron chi connectivity index (χ0n) is 11.7. The van der Waals surface area contributed by atoms with Crippen LogP contribution in [0.2, 0.25) is 0 Å². The van der Waals surface area contributed by atoms with Crippen molar-refractivity contribution in [1.29, 1.82) is 0 Å². The van der Waals surface area contributed by atoms with Gasteiger partial charge in [0.15, 0.2) is 11.5 Å². The molecule has 0 radical (unpaired) electrons. The fraction of sp³-hybridized carbons (Fsp3) is 0.533. The number of benzene rings is 1. The quantitative estimate of drug-likeness (QED) is 0.902. The second-order valence-electron chi connectivity index (χ2n) is 5.50. The van der Waals surface area contributed by atoms with Gasteiger partial charge in [-0.2, -0.15) is 0 Å². The van der Waals surface area contributed by atoms with E-state index in [4.69, 9.17) is 14.6 Å². The maximum Gasteiger partial charge on any atom is 0.307 e. The van der Waals surface area contributed by atoms with E-state index in [-0.39, 0.29) is 5.92 Å². The highest BCUT2D eigenvalue weighted by atomic mass is 79.9. The van der Waals surface area contributed by atoms with Gasteiger partial charge in [0.25, 0.3) is 0 Å². The van der Waals surface area contributed by atoms with Gasteiger partial charge in [-0.3, -0.25) is 9.69 Å². The number of aliphatic carboxylic acids is 1. The second kappa shape index (κ2) is 6.23. The maximum absolute atomic E-state index is 11.1. The average molecular weight is 356 g/mol. The minimum atomic E-state index is -0.694. The highest BCUT2D eigenvalue weighted by molar-refractivity contribution is 9.10. The molecule has 21 heavy (non-hydrogen) atoms. The summed E-state index contributed by atoms with van der Waals surface area (Å²) in [5.74, 6) is 0.584. The molecule has 0 bridgehead atoms. The number of carboxylic acid groups (broad SMARTS) is 1. The number of carboxylic acids is 1. The Morgan fingerprint density at radius 2 is 2.05 bits per heavy atom. The lowest BCUT2D eigenvalue weighted by Crippen LogP contribution is -2.38. The molecule has 1 fully saturated rings. The molecular formula is C15H18BrNO4. The maximum atomic E-state index is 11.1. The largest absolute Gasteiger partial charge is 0.486 e. The number of rotatable bonds is 3. The monoisotopic (exact) mass is 355 g/mol. The van der Waals surface area contributed by atoms with Crippen LogP contribution >= 0.6 is 15.9 Å². The van der Waals surface area contributed by atoms with Gasteiger partial charge < -0.3 is 14.6 Å². The van der Waals surface area contributed by atoms with Crippen LogP contribution in [0.5, 0.6) is 11.5 Å². The molecular weight excluding hydrogens is 338 g/mol. The average Bonchev–Trinajstić information content (AvgIpc) is 2.48. The van der Waals surface area contributed by atoms with Gasteiger partial charge in [-0.1, -0.05) is 15.9 Å². The van der Waals surface area contributed by atoms with Crippen molar-refractivity contribution in [1.82, 2.24) is 4.90 Å². The molecule has 114 valence electrons. The molecule has 1 saturated heterocycles. The Labute approximate surface area is 132 Å². The molecule has 2 aliphatic heterocycles. The molecule has 0 aliphatic carbocycles. The van der Waals surface area contributed by atoms with Crippen molar-refractivity contribution in [3.63, 3.8) is 0 Å². The number of likely N-dealkylation sites (tertiary alicyclic amines) is 1. The zero-order chi connectivity index (χ0) is 14.8. The number of ether oxygens (including phenoxy) is 2. The highest BCUT2D eigenvalue weighted by Gasteiger charge is 2.26. The fourth-order valence-electron chi connectivity index (χ4n) is 2.87. The normalized spacial score (nSPS) is 22.0. The Bertz CT molecular complexity index is 549. The van der Waals surface area contributed by atoms with Crippen molar-refractivity contribution in [3.05, 3.63) is 22.2 Å². The van der Waals surface area contributed by atoms with Gasteiger partial charge in [0.05, 0.1) is 5.92 Å². The first-order valence-corrected chi connectivity index (χ1v) is 7.96. The van der Waals surface area contributed by atoms with Crippen LogP contribution in [0.15, 0.2) is 16.6 Å². The van der Waals surface area contributed by atoms with Crippen molar-refractivity contribution >= 4 is 21.9 Å². The van der Waals surface area contributed by atoms with Crippen LogP contribution in [0.1, 0.15) is 18.4 Å². The first-order chi connectivity index (χ1) is 10.1. The first kappa shape index (κ1) is 14.7. The Hall–Kier alpha value is -1.27. The number of fused-ring (bicyclic) bond motifs is 1. The molecule has 0 aromatic heterocycles. The summed E-state index contributed by atoms with van der Waals surface area (Å²) in [6, 6.07) is 3.92. The molecule has 5 nitrogen and oxygen atoms in total. The third kappa shape index (κ3) is 3.32. The number of piperidine rings is 1. The molecule has 1 aromatic carbocycles. The summed E-state index contributed by atoms with van der Waals surface area (Å²) in [5.41, 5.74) is 1.10. The van der Waals surface area contributed by atoms with E-state index in [0.717, 1.165) is 47.5 Å². The third-order valence-electron chi connectivity index (χ3n) is 3.96. The zero-order valence-corrected chi connectivity index (χ0v) is 13.3. The van der Waals surface area contributed by atoms with Crippen molar-refractivity contribution in [2.24, 2.45) is 5.92 Å². The van der Waals surface area contributed by atoms with Gasteiger partial charge in [0, 0.05) is 17.6 Å². The summed E-state index contributed by atoms with van der Waals surface area (Å²) >= 11 is 3.57. The second-order valence-corrected chi connectivity index (χ2v) is 6.35. The fourth-order valence-corrected chi connectivity index (χ4v) is 3.32. The Morgan fingerprint density at radius 1 is 1.33 bits per heavy atom. The van der Waals surface area contributed by atoms with E-state index in [2.05, 4.69) is 20.8 Å². The first-order valence-electron chi connectivity index (χ1n) is 7.16. The van der Waals surface area contributed by atoms with E-state index in [1.807, 2.05) is 12.1 Å². The minimum absolute atomic E-state index is 0.255. The molecule has 0 spiro atoms. The van der Waals surface area contributed by atoms with Gasteiger partial charge in [-0.15, -0.1) is 0 Å². The van der Waals surface area contributed by atoms with Crippen LogP contribution in [0.25, 0.3) is 0 Å². The molecule has 1 aromatic rings. The Kier molecular flexibility index (Phi) is 4.35. The summed E-state index contributed by atoms with van der Waals surface area (Å²) in [4.78, 5) is 13.3. The van der Waals surface area contributed by atoms with Crippen LogP contribution in [0.4, 0.5) is 0 Å². The van der Waals surface area contributed by atoms with Gasteiger partial charge >= 0.3 is 5.97 Å². The number of carbonyl (C=O) groups is 1. The van der Waals surface area contributed by atoms with Crippen LogP contribution in [0, 0.1) is 5.92 Å². The molecule has 2 aliphatic rings. The van der Waals surface area contributed by atoms with Crippen LogP contribution in [0.3, 0.4) is 0 Å². The summed E-state index contributed by atoms with van der Waals surface area (Å²) in [7, 11) is 0. The van der Waals surface area contributed by atoms with E-state index < -0.39 is 5.97 Å². The molecule has 0 saturated carbocycles. The van der Waals surface area contributed by atoms with Crippen LogP contribution in [-0.4, -0.2) is 42.3 Å². The van der Waals surface area contributed by atoms with E-state index in [1.165, 1.54) is 0 Å². The molecule has 0 unspecified atom stereocenters. The number of hydrogen-bond donors (Lipinski definition) is 1. The summed E-state index contributed by atoms with van der Waals surface area (Å²) in [6.45, 7) is 3.41. The van der Waals surface area contributed by atoms with Crippen LogP contribution < -0.4 is 9.47 Å². The minimum Gasteiger partial charge on any atom is -0.486 e. The standard InChI is InChI=1S/C15H18BrNO4/c16-12-7-14-13(20-4-5-21-14)6-11(12)9-17-3-1-2-10(8-17)15(18)19/h6-7,10H,1-5,8-9H2,(H,18,19)/t10-/m0/s1. The van der Waals surface area contributed by atoms with Gasteiger partial charge in [0.1, 0.15) is 13.2 Å². The molecule has 1 N–H and O–H groups in total. The molecule has 0 amide bonds. The summed E-state index contributed by atoms with van der Waals surface area (Å²) < 4.78 is 12.1. The van der Waals surface area contributed by atoms with Gasteiger partial charge in [-0.25, -0.2) is 0 Å². The third-order valence-corrected chi connectivity index (χ3v) is 4.70. The smallest absolute Gasteiger partial charge is 0.307 e. The van der Waals surface area contributed by atoms with E-state index in [0.29, 0.717) is 19.8 Å². The highest BCUT2D eigenvalue weighted by Crippen LogP contribution is 2.36. The predicted octanol–water partition coefficient (Wildman–Crippen LogP) is 2.52. The van der Waals surface area contributed by atoms with E-state index >= 15 is 0 Å². The summed E-state index contributed by atoms with van der Waals surface area (Å²) in [6.07, 6.45) is 1.70. The molecule has 1 atom stereocenters. The van der Waals surface area contributed by atoms with E-state index in [1.54, 1.807) is 0 Å². The Balaban J connectivity index is 1.73. The lowest BCUT2D eigenvalue weighted by atomic mass is 9.98. The number of nitrogens with zero attached hydrogens (tertiary/aromatic N) is 1. The molecule has 6 heteroatoms. The van der Waals surface area contributed by atoms with Crippen LogP contribution in [-0.2, 0) is 11.3 Å². The van der Waals surface area contributed by atoms with Gasteiger partial charge in [-0.05, 0) is 37.1 Å². The van der Waals surface area contributed by atoms with Crippen molar-refractivity contribution in [3.8, 4) is 11.5 Å². The topological polar surface area (TPSA) is 59.0 Å². The van der Waals surface area contributed by atoms with Gasteiger partial charge in [0.2, 0.25) is 0 Å². The van der Waals surface area contributed by atoms with Crippen molar-refractivity contribution in [2.45, 2.75) is 19.4 Å². The Morgan fingerprint density at radius 3 is 2.76 bits per heavy atom. The summed E-state index contributed by atoms with van der Waals surface area (Å²) in [5, 5.41) is 9.16. The van der Waals surface area contributed by atoms with Crippen molar-refractivity contribution in [2.75, 3.05) is 26.3 Å². The number of hydrogen-bond acceptors (Lipinski definition) is 4. The lowest BCUT2D eigenvalue weighted by molar-refractivity contribution is -0.143. The lowest BCUT2D eigenvalue weighted by Gasteiger charge is -2.31. The van der Waals surface area contributed by atoms with E-state index in [9.17, 15) is 4.79 Å². The molecule has 2 heterocycles. The SMILES string of the molecule is O=C(O)[C@H]1CCCN(Cc2cc3c(cc2Br)OCCO3)C1. The number of halogens is 1. The van der Waals surface area contributed by atoms with Crippen molar-refractivity contribution < 1.29 is 19.4 Å². The predicted molar refractivity (Wildman–Crippen MR) is 80.8 cm³/mol.